The van der Waals surface area contributed by atoms with Gasteiger partial charge in [-0.2, -0.15) is 0 Å². The third-order valence-corrected chi connectivity index (χ3v) is 5.08. The van der Waals surface area contributed by atoms with Crippen molar-refractivity contribution in [1.29, 1.82) is 0 Å². The van der Waals surface area contributed by atoms with Crippen molar-refractivity contribution in [3.63, 3.8) is 0 Å². The lowest BCUT2D eigenvalue weighted by atomic mass is 9.97. The molecular formula is C24H19N3O3. The van der Waals surface area contributed by atoms with Gasteiger partial charge in [0.15, 0.2) is 0 Å². The third kappa shape index (κ3) is 3.51. The van der Waals surface area contributed by atoms with Gasteiger partial charge in [0.2, 0.25) is 0 Å². The number of nitro groups is 1. The minimum atomic E-state index is -0.453. The summed E-state index contributed by atoms with van der Waals surface area (Å²) >= 11 is 0. The van der Waals surface area contributed by atoms with Crippen molar-refractivity contribution in [2.45, 2.75) is 13.8 Å². The highest BCUT2D eigenvalue weighted by molar-refractivity contribution is 6.14. The summed E-state index contributed by atoms with van der Waals surface area (Å²) in [6.07, 6.45) is 0. The number of carbonyl (C=O) groups is 1. The van der Waals surface area contributed by atoms with Gasteiger partial charge >= 0.3 is 0 Å². The zero-order chi connectivity index (χ0) is 21.3. The van der Waals surface area contributed by atoms with Gasteiger partial charge in [0, 0.05) is 28.8 Å². The smallest absolute Gasteiger partial charge is 0.269 e. The molecule has 0 saturated carbocycles. The number of amides is 1. The molecule has 0 aliphatic carbocycles. The van der Waals surface area contributed by atoms with Crippen molar-refractivity contribution in [2.75, 3.05) is 5.32 Å². The van der Waals surface area contributed by atoms with Gasteiger partial charge < -0.3 is 5.32 Å². The predicted octanol–water partition coefficient (Wildman–Crippen LogP) is 5.68. The number of rotatable bonds is 4. The molecule has 6 heteroatoms. The highest BCUT2D eigenvalue weighted by Crippen LogP contribution is 2.31. The molecule has 0 aliphatic rings. The normalized spacial score (nSPS) is 10.7. The van der Waals surface area contributed by atoms with Gasteiger partial charge in [0.05, 0.1) is 21.7 Å². The fraction of sp³-hybridized carbons (Fsp3) is 0.0833. The average molecular weight is 397 g/mol. The van der Waals surface area contributed by atoms with Crippen molar-refractivity contribution >= 4 is 28.2 Å². The van der Waals surface area contributed by atoms with Gasteiger partial charge in [0.25, 0.3) is 11.6 Å². The number of fused-ring (bicyclic) bond motifs is 1. The standard InChI is InChI=1S/C24H19N3O3/c1-15-14-18(27(29)30)12-13-20(15)26-24(28)22-16(2)23(17-8-4-3-5-9-17)25-21-11-7-6-10-19(21)22/h3-14H,1-2H3,(H,26,28). The Morgan fingerprint density at radius 2 is 1.67 bits per heavy atom. The Hall–Kier alpha value is -4.06. The Morgan fingerprint density at radius 3 is 2.37 bits per heavy atom. The summed E-state index contributed by atoms with van der Waals surface area (Å²) in [5.74, 6) is -0.278. The number of aryl methyl sites for hydroxylation is 1. The Morgan fingerprint density at radius 1 is 0.967 bits per heavy atom. The van der Waals surface area contributed by atoms with Crippen LogP contribution in [0.1, 0.15) is 21.5 Å². The molecule has 4 rings (SSSR count). The van der Waals surface area contributed by atoms with Crippen LogP contribution in [-0.2, 0) is 0 Å². The Kier molecular flexibility index (Phi) is 4.98. The minimum absolute atomic E-state index is 0.0117. The quantitative estimate of drug-likeness (QED) is 0.355. The van der Waals surface area contributed by atoms with Crippen LogP contribution in [0.15, 0.2) is 72.8 Å². The number of benzene rings is 3. The van der Waals surface area contributed by atoms with Crippen LogP contribution in [0.2, 0.25) is 0 Å². The van der Waals surface area contributed by atoms with E-state index in [0.29, 0.717) is 16.8 Å². The van der Waals surface area contributed by atoms with Crippen LogP contribution in [0.25, 0.3) is 22.2 Å². The number of hydrogen-bond donors (Lipinski definition) is 1. The van der Waals surface area contributed by atoms with Gasteiger partial charge in [-0.1, -0.05) is 48.5 Å². The van der Waals surface area contributed by atoms with Gasteiger partial charge in [-0.15, -0.1) is 0 Å². The molecule has 4 aromatic rings. The first-order valence-corrected chi connectivity index (χ1v) is 9.47. The van der Waals surface area contributed by atoms with Crippen LogP contribution in [0, 0.1) is 24.0 Å². The van der Waals surface area contributed by atoms with Crippen molar-refractivity contribution < 1.29 is 9.72 Å². The zero-order valence-electron chi connectivity index (χ0n) is 16.5. The maximum Gasteiger partial charge on any atom is 0.269 e. The van der Waals surface area contributed by atoms with E-state index in [2.05, 4.69) is 5.32 Å². The van der Waals surface area contributed by atoms with E-state index < -0.39 is 4.92 Å². The van der Waals surface area contributed by atoms with E-state index >= 15 is 0 Å². The monoisotopic (exact) mass is 397 g/mol. The SMILES string of the molecule is Cc1cc([N+](=O)[O-])ccc1NC(=O)c1c(C)c(-c2ccccc2)nc2ccccc12. The van der Waals surface area contributed by atoms with E-state index in [-0.39, 0.29) is 11.6 Å². The average Bonchev–Trinajstić information content (AvgIpc) is 2.75. The first-order chi connectivity index (χ1) is 14.5. The van der Waals surface area contributed by atoms with Crippen molar-refractivity contribution in [2.24, 2.45) is 0 Å². The number of anilines is 1. The predicted molar refractivity (Wildman–Crippen MR) is 118 cm³/mol. The summed E-state index contributed by atoms with van der Waals surface area (Å²) < 4.78 is 0. The second kappa shape index (κ2) is 7.75. The van der Waals surface area contributed by atoms with Gasteiger partial charge in [-0.05, 0) is 37.1 Å². The van der Waals surface area contributed by atoms with Crippen LogP contribution in [0.4, 0.5) is 11.4 Å². The molecular weight excluding hydrogens is 378 g/mol. The van der Waals surface area contributed by atoms with Gasteiger partial charge in [-0.3, -0.25) is 14.9 Å². The first-order valence-electron chi connectivity index (χ1n) is 9.47. The molecule has 1 amide bonds. The molecule has 0 bridgehead atoms. The van der Waals surface area contributed by atoms with Crippen LogP contribution < -0.4 is 5.32 Å². The second-order valence-corrected chi connectivity index (χ2v) is 7.05. The molecule has 3 aromatic carbocycles. The molecule has 0 saturated heterocycles. The lowest BCUT2D eigenvalue weighted by Crippen LogP contribution is -2.16. The first kappa shape index (κ1) is 19.3. The molecule has 148 valence electrons. The fourth-order valence-corrected chi connectivity index (χ4v) is 3.56. The number of nitrogens with one attached hydrogen (secondary N) is 1. The summed E-state index contributed by atoms with van der Waals surface area (Å²) in [6.45, 7) is 3.62. The number of carbonyl (C=O) groups excluding carboxylic acids is 1. The van der Waals surface area contributed by atoms with Crippen LogP contribution in [-0.4, -0.2) is 15.8 Å². The summed E-state index contributed by atoms with van der Waals surface area (Å²) in [5, 5.41) is 14.7. The number of non-ortho nitro benzene ring substituents is 1. The third-order valence-electron chi connectivity index (χ3n) is 5.08. The number of aromatic nitrogens is 1. The van der Waals surface area contributed by atoms with E-state index in [1.54, 1.807) is 13.0 Å². The fourth-order valence-electron chi connectivity index (χ4n) is 3.56. The Bertz CT molecular complexity index is 1280. The van der Waals surface area contributed by atoms with Crippen LogP contribution in [0.5, 0.6) is 0 Å². The molecule has 0 unspecified atom stereocenters. The maximum atomic E-state index is 13.3. The molecule has 1 heterocycles. The zero-order valence-corrected chi connectivity index (χ0v) is 16.5. The van der Waals surface area contributed by atoms with Crippen molar-refractivity contribution in [3.8, 4) is 11.3 Å². The summed E-state index contributed by atoms with van der Waals surface area (Å²) in [4.78, 5) is 28.6. The topological polar surface area (TPSA) is 85.1 Å². The molecule has 1 N–H and O–H groups in total. The number of hydrogen-bond acceptors (Lipinski definition) is 4. The molecule has 0 atom stereocenters. The molecule has 6 nitrogen and oxygen atoms in total. The molecule has 30 heavy (non-hydrogen) atoms. The molecule has 0 aliphatic heterocycles. The lowest BCUT2D eigenvalue weighted by molar-refractivity contribution is -0.384. The summed E-state index contributed by atoms with van der Waals surface area (Å²) in [7, 11) is 0. The van der Waals surface area contributed by atoms with Crippen molar-refractivity contribution in [1.82, 2.24) is 4.98 Å². The van der Waals surface area contributed by atoms with E-state index in [1.165, 1.54) is 12.1 Å². The van der Waals surface area contributed by atoms with Gasteiger partial charge in [-0.25, -0.2) is 4.98 Å². The van der Waals surface area contributed by atoms with Crippen LogP contribution >= 0.6 is 0 Å². The number of para-hydroxylation sites is 1. The highest BCUT2D eigenvalue weighted by Gasteiger charge is 2.20. The van der Waals surface area contributed by atoms with E-state index in [1.807, 2.05) is 61.5 Å². The Labute approximate surface area is 173 Å². The summed E-state index contributed by atoms with van der Waals surface area (Å²) in [6, 6.07) is 21.7. The van der Waals surface area contributed by atoms with Crippen LogP contribution in [0.3, 0.4) is 0 Å². The lowest BCUT2D eigenvalue weighted by Gasteiger charge is -2.15. The second-order valence-electron chi connectivity index (χ2n) is 7.05. The number of nitro benzene ring substituents is 1. The molecule has 1 aromatic heterocycles. The largest absolute Gasteiger partial charge is 0.322 e. The molecule has 0 fully saturated rings. The van der Waals surface area contributed by atoms with E-state index in [4.69, 9.17) is 4.98 Å². The Balaban J connectivity index is 1.83. The highest BCUT2D eigenvalue weighted by atomic mass is 16.6. The van der Waals surface area contributed by atoms with E-state index in [9.17, 15) is 14.9 Å². The maximum absolute atomic E-state index is 13.3. The number of pyridine rings is 1. The summed E-state index contributed by atoms with van der Waals surface area (Å²) in [5.41, 5.74) is 4.87. The number of nitrogens with zero attached hydrogens (tertiary/aromatic N) is 2. The molecule has 0 spiro atoms. The minimum Gasteiger partial charge on any atom is -0.322 e. The van der Waals surface area contributed by atoms with Crippen molar-refractivity contribution in [3.05, 3.63) is 99.6 Å². The van der Waals surface area contributed by atoms with Gasteiger partial charge in [0.1, 0.15) is 0 Å². The molecule has 0 radical (unpaired) electrons. The van der Waals surface area contributed by atoms with E-state index in [0.717, 1.165) is 27.7 Å².